The normalized spacial score (nSPS) is 16.9. The lowest BCUT2D eigenvalue weighted by atomic mass is 9.94. The fraction of sp³-hybridized carbons (Fsp3) is 0.267. The monoisotopic (exact) mass is 545 g/mol. The topological polar surface area (TPSA) is 109 Å². The SMILES string of the molecule is C[C@](N)(Cc1ccccc1)c1nnc(-c2cc(C(=O)N3CCCC3C(F)(F)F)cc(-c3ccccc3C#N)c2)o1. The fourth-order valence-corrected chi connectivity index (χ4v) is 5.04. The van der Waals surface area contributed by atoms with E-state index >= 15 is 0 Å². The van der Waals surface area contributed by atoms with Gasteiger partial charge in [0.2, 0.25) is 11.8 Å². The van der Waals surface area contributed by atoms with Gasteiger partial charge in [0.15, 0.2) is 0 Å². The van der Waals surface area contributed by atoms with Crippen LogP contribution in [0.4, 0.5) is 13.2 Å². The molecule has 1 saturated heterocycles. The van der Waals surface area contributed by atoms with Crippen LogP contribution >= 0.6 is 0 Å². The van der Waals surface area contributed by atoms with Gasteiger partial charge in [-0.1, -0.05) is 48.5 Å². The molecule has 4 aromatic rings. The molecule has 40 heavy (non-hydrogen) atoms. The smallest absolute Gasteiger partial charge is 0.408 e. The van der Waals surface area contributed by atoms with Crippen LogP contribution < -0.4 is 5.73 Å². The average molecular weight is 546 g/mol. The number of carbonyl (C=O) groups is 1. The summed E-state index contributed by atoms with van der Waals surface area (Å²) in [6.07, 6.45) is -4.01. The zero-order valence-electron chi connectivity index (χ0n) is 21.7. The van der Waals surface area contributed by atoms with Crippen molar-refractivity contribution in [2.24, 2.45) is 5.73 Å². The number of amides is 1. The molecule has 0 aliphatic carbocycles. The van der Waals surface area contributed by atoms with Crippen LogP contribution in [0.25, 0.3) is 22.6 Å². The summed E-state index contributed by atoms with van der Waals surface area (Å²) in [4.78, 5) is 14.3. The van der Waals surface area contributed by atoms with Crippen molar-refractivity contribution in [1.82, 2.24) is 15.1 Å². The molecule has 0 spiro atoms. The maximum atomic E-state index is 13.7. The standard InChI is InChI=1S/C30H26F3N5O2/c1-29(35,17-19-8-3-2-4-9-19)28-37-36-26(40-28)22-14-21(24-11-6-5-10-20(24)18-34)15-23(16-22)27(39)38-13-7-12-25(38)30(31,32)33/h2-6,8-11,14-16,25H,7,12-13,17,35H2,1H3/t25?,29-/m0/s1. The summed E-state index contributed by atoms with van der Waals surface area (Å²) in [5.74, 6) is -0.539. The second-order valence-electron chi connectivity index (χ2n) is 10.1. The highest BCUT2D eigenvalue weighted by atomic mass is 19.4. The van der Waals surface area contributed by atoms with Crippen LogP contribution in [0.15, 0.2) is 77.2 Å². The van der Waals surface area contributed by atoms with Crippen molar-refractivity contribution in [3.05, 3.63) is 95.4 Å². The summed E-state index contributed by atoms with van der Waals surface area (Å²) in [6, 6.07) is 21.2. The van der Waals surface area contributed by atoms with Gasteiger partial charge in [-0.05, 0) is 67.1 Å². The average Bonchev–Trinajstić information content (AvgIpc) is 3.64. The molecule has 204 valence electrons. The van der Waals surface area contributed by atoms with E-state index in [1.165, 1.54) is 12.1 Å². The number of hydrogen-bond acceptors (Lipinski definition) is 6. The molecule has 5 rings (SSSR count). The van der Waals surface area contributed by atoms with Gasteiger partial charge in [-0.15, -0.1) is 10.2 Å². The molecule has 1 fully saturated rings. The van der Waals surface area contributed by atoms with Crippen LogP contribution in [-0.4, -0.2) is 39.8 Å². The first-order valence-electron chi connectivity index (χ1n) is 12.8. The van der Waals surface area contributed by atoms with Gasteiger partial charge in [0.05, 0.1) is 17.2 Å². The molecule has 0 bridgehead atoms. The molecule has 0 saturated carbocycles. The predicted octanol–water partition coefficient (Wildman–Crippen LogP) is 5.86. The molecular formula is C30H26F3N5O2. The fourth-order valence-electron chi connectivity index (χ4n) is 5.04. The maximum absolute atomic E-state index is 13.7. The number of alkyl halides is 3. The number of nitriles is 1. The molecular weight excluding hydrogens is 519 g/mol. The molecule has 1 aromatic heterocycles. The predicted molar refractivity (Wildman–Crippen MR) is 142 cm³/mol. The van der Waals surface area contributed by atoms with Gasteiger partial charge in [0.25, 0.3) is 5.91 Å². The van der Waals surface area contributed by atoms with E-state index in [0.717, 1.165) is 10.5 Å². The highest BCUT2D eigenvalue weighted by Crippen LogP contribution is 2.36. The van der Waals surface area contributed by atoms with Crippen LogP contribution in [-0.2, 0) is 12.0 Å². The van der Waals surface area contributed by atoms with E-state index in [4.69, 9.17) is 10.2 Å². The van der Waals surface area contributed by atoms with E-state index in [1.807, 2.05) is 30.3 Å². The Morgan fingerprint density at radius 3 is 2.50 bits per heavy atom. The summed E-state index contributed by atoms with van der Waals surface area (Å²) >= 11 is 0. The van der Waals surface area contributed by atoms with Gasteiger partial charge < -0.3 is 15.1 Å². The third-order valence-corrected chi connectivity index (χ3v) is 7.00. The second kappa shape index (κ2) is 10.6. The van der Waals surface area contributed by atoms with Gasteiger partial charge in [-0.2, -0.15) is 18.4 Å². The number of nitrogens with zero attached hydrogens (tertiary/aromatic N) is 4. The van der Waals surface area contributed by atoms with Gasteiger partial charge >= 0.3 is 6.18 Å². The Bertz CT molecular complexity index is 1570. The Morgan fingerprint density at radius 1 is 1.07 bits per heavy atom. The summed E-state index contributed by atoms with van der Waals surface area (Å²) in [6.45, 7) is 1.75. The van der Waals surface area contributed by atoms with Gasteiger partial charge in [0.1, 0.15) is 6.04 Å². The Hall–Kier alpha value is -4.49. The van der Waals surface area contributed by atoms with E-state index < -0.39 is 23.7 Å². The van der Waals surface area contributed by atoms with Crippen molar-refractivity contribution in [1.29, 1.82) is 5.26 Å². The Balaban J connectivity index is 1.57. The zero-order valence-corrected chi connectivity index (χ0v) is 21.7. The first kappa shape index (κ1) is 27.1. The zero-order chi connectivity index (χ0) is 28.5. The molecule has 2 N–H and O–H groups in total. The van der Waals surface area contributed by atoms with Crippen molar-refractivity contribution in [2.45, 2.75) is 43.9 Å². The van der Waals surface area contributed by atoms with Crippen LogP contribution in [0.1, 0.15) is 47.1 Å². The molecule has 7 nitrogen and oxygen atoms in total. The summed E-state index contributed by atoms with van der Waals surface area (Å²) < 4.78 is 47.0. The molecule has 1 unspecified atom stereocenters. The van der Waals surface area contributed by atoms with Crippen molar-refractivity contribution < 1.29 is 22.4 Å². The van der Waals surface area contributed by atoms with Crippen LogP contribution in [0.3, 0.4) is 0 Å². The number of nitrogens with two attached hydrogens (primary N) is 1. The lowest BCUT2D eigenvalue weighted by Gasteiger charge is -2.27. The lowest BCUT2D eigenvalue weighted by Crippen LogP contribution is -2.44. The molecule has 1 aliphatic rings. The van der Waals surface area contributed by atoms with Crippen molar-refractivity contribution in [3.8, 4) is 28.7 Å². The molecule has 1 amide bonds. The maximum Gasteiger partial charge on any atom is 0.408 e. The number of hydrogen-bond donors (Lipinski definition) is 1. The first-order valence-corrected chi connectivity index (χ1v) is 12.8. The van der Waals surface area contributed by atoms with E-state index in [0.29, 0.717) is 28.7 Å². The number of benzene rings is 3. The van der Waals surface area contributed by atoms with Crippen LogP contribution in [0.5, 0.6) is 0 Å². The van der Waals surface area contributed by atoms with E-state index in [-0.39, 0.29) is 36.7 Å². The minimum Gasteiger partial charge on any atom is -0.419 e. The molecule has 3 aromatic carbocycles. The van der Waals surface area contributed by atoms with E-state index in [1.54, 1.807) is 37.3 Å². The molecule has 10 heteroatoms. The van der Waals surface area contributed by atoms with Crippen molar-refractivity contribution in [3.63, 3.8) is 0 Å². The number of carbonyl (C=O) groups excluding carboxylic acids is 1. The number of rotatable bonds is 6. The number of likely N-dealkylation sites (tertiary alicyclic amines) is 1. The molecule has 2 atom stereocenters. The third kappa shape index (κ3) is 5.46. The minimum atomic E-state index is -4.54. The Labute approximate surface area is 229 Å². The van der Waals surface area contributed by atoms with Crippen LogP contribution in [0.2, 0.25) is 0 Å². The summed E-state index contributed by atoms with van der Waals surface area (Å²) in [5.41, 5.74) is 8.17. The van der Waals surface area contributed by atoms with Gasteiger partial charge in [0, 0.05) is 17.7 Å². The third-order valence-electron chi connectivity index (χ3n) is 7.00. The number of aromatic nitrogens is 2. The number of halogens is 3. The Kier molecular flexibility index (Phi) is 7.17. The van der Waals surface area contributed by atoms with Gasteiger partial charge in [-0.3, -0.25) is 4.79 Å². The molecule has 1 aliphatic heterocycles. The van der Waals surface area contributed by atoms with E-state index in [2.05, 4.69) is 16.3 Å². The lowest BCUT2D eigenvalue weighted by molar-refractivity contribution is -0.169. The summed E-state index contributed by atoms with van der Waals surface area (Å²) in [7, 11) is 0. The minimum absolute atomic E-state index is 0.00687. The van der Waals surface area contributed by atoms with Crippen LogP contribution in [0, 0.1) is 11.3 Å². The highest BCUT2D eigenvalue weighted by molar-refractivity contribution is 5.97. The molecule has 2 heterocycles. The van der Waals surface area contributed by atoms with Crippen molar-refractivity contribution in [2.75, 3.05) is 6.54 Å². The highest BCUT2D eigenvalue weighted by Gasteiger charge is 2.48. The van der Waals surface area contributed by atoms with E-state index in [9.17, 15) is 23.2 Å². The quantitative estimate of drug-likeness (QED) is 0.325. The van der Waals surface area contributed by atoms with Crippen molar-refractivity contribution >= 4 is 5.91 Å². The summed E-state index contributed by atoms with van der Waals surface area (Å²) in [5, 5.41) is 18.0. The first-order chi connectivity index (χ1) is 19.1. The Morgan fingerprint density at radius 2 is 1.77 bits per heavy atom. The second-order valence-corrected chi connectivity index (χ2v) is 10.1. The van der Waals surface area contributed by atoms with Gasteiger partial charge in [-0.25, -0.2) is 0 Å². The molecule has 0 radical (unpaired) electrons. The largest absolute Gasteiger partial charge is 0.419 e.